The van der Waals surface area contributed by atoms with Crippen molar-refractivity contribution in [2.75, 3.05) is 23.4 Å². The minimum absolute atomic E-state index is 0.00778. The van der Waals surface area contributed by atoms with E-state index in [2.05, 4.69) is 12.2 Å². The molecule has 1 saturated heterocycles. The van der Waals surface area contributed by atoms with Gasteiger partial charge in [0.05, 0.1) is 12.5 Å². The highest BCUT2D eigenvalue weighted by molar-refractivity contribution is 6.03. The average molecular weight is 350 g/mol. The molecule has 5 heteroatoms. The van der Waals surface area contributed by atoms with E-state index in [1.54, 1.807) is 4.90 Å². The summed E-state index contributed by atoms with van der Waals surface area (Å²) in [5.41, 5.74) is 3.92. The third-order valence-electron chi connectivity index (χ3n) is 5.12. The monoisotopic (exact) mass is 350 g/mol. The van der Waals surface area contributed by atoms with Crippen molar-refractivity contribution < 1.29 is 14.3 Å². The van der Waals surface area contributed by atoms with Crippen molar-refractivity contribution in [3.05, 3.63) is 53.6 Å². The van der Waals surface area contributed by atoms with Crippen LogP contribution in [0, 0.1) is 5.92 Å². The molecular weight excluding hydrogens is 328 g/mol. The number of rotatable bonds is 4. The van der Waals surface area contributed by atoms with Gasteiger partial charge in [0.15, 0.2) is 0 Å². The second-order valence-corrected chi connectivity index (χ2v) is 6.80. The first-order valence-electron chi connectivity index (χ1n) is 9.10. The number of amides is 2. The van der Waals surface area contributed by atoms with Crippen LogP contribution < -0.4 is 15.0 Å². The molecule has 5 nitrogen and oxygen atoms in total. The van der Waals surface area contributed by atoms with Gasteiger partial charge in [-0.1, -0.05) is 25.1 Å². The predicted octanol–water partition coefficient (Wildman–Crippen LogP) is 3.18. The predicted molar refractivity (Wildman–Crippen MR) is 101 cm³/mol. The summed E-state index contributed by atoms with van der Waals surface area (Å²) in [5, 5.41) is 2.96. The fraction of sp³-hybridized carbons (Fsp3) is 0.333. The van der Waals surface area contributed by atoms with E-state index in [1.165, 1.54) is 0 Å². The molecule has 1 atom stereocenters. The summed E-state index contributed by atoms with van der Waals surface area (Å²) in [5.74, 6) is 0.459. The average Bonchev–Trinajstić information content (AvgIpc) is 3.27. The molecule has 4 rings (SSSR count). The molecule has 1 unspecified atom stereocenters. The van der Waals surface area contributed by atoms with E-state index in [0.29, 0.717) is 13.2 Å². The van der Waals surface area contributed by atoms with Crippen LogP contribution in [0.1, 0.15) is 24.5 Å². The Morgan fingerprint density at radius 2 is 2.12 bits per heavy atom. The van der Waals surface area contributed by atoms with Crippen molar-refractivity contribution in [2.24, 2.45) is 5.92 Å². The van der Waals surface area contributed by atoms with Crippen LogP contribution in [0.25, 0.3) is 0 Å². The topological polar surface area (TPSA) is 58.6 Å². The molecule has 2 amide bonds. The number of anilines is 2. The SMILES string of the molecule is CCc1ccccc1N1CC(C(=O)Nc2ccc3c(c2)CCO3)CC1=O. The molecule has 2 heterocycles. The van der Waals surface area contributed by atoms with Gasteiger partial charge in [0.25, 0.3) is 0 Å². The zero-order valence-corrected chi connectivity index (χ0v) is 14.8. The van der Waals surface area contributed by atoms with Crippen LogP contribution in [-0.4, -0.2) is 25.0 Å². The summed E-state index contributed by atoms with van der Waals surface area (Å²) in [6.07, 6.45) is 1.97. The van der Waals surface area contributed by atoms with Crippen LogP contribution >= 0.6 is 0 Å². The van der Waals surface area contributed by atoms with Gasteiger partial charge >= 0.3 is 0 Å². The number of benzene rings is 2. The number of ether oxygens (including phenoxy) is 1. The van der Waals surface area contributed by atoms with Gasteiger partial charge in [0.2, 0.25) is 11.8 Å². The van der Waals surface area contributed by atoms with Crippen molar-refractivity contribution in [3.63, 3.8) is 0 Å². The Hall–Kier alpha value is -2.82. The van der Waals surface area contributed by atoms with Gasteiger partial charge in [-0.25, -0.2) is 0 Å². The van der Waals surface area contributed by atoms with Gasteiger partial charge in [-0.2, -0.15) is 0 Å². The molecule has 1 N–H and O–H groups in total. The van der Waals surface area contributed by atoms with Crippen LogP contribution in [-0.2, 0) is 22.4 Å². The Labute approximate surface area is 153 Å². The van der Waals surface area contributed by atoms with E-state index in [9.17, 15) is 9.59 Å². The third kappa shape index (κ3) is 3.05. The lowest BCUT2D eigenvalue weighted by Crippen LogP contribution is -2.28. The van der Waals surface area contributed by atoms with E-state index in [4.69, 9.17) is 4.74 Å². The standard InChI is InChI=1S/C21H22N2O3/c1-2-14-5-3-4-6-18(14)23-13-16(12-20(23)24)21(25)22-17-7-8-19-15(11-17)9-10-26-19/h3-8,11,16H,2,9-10,12-13H2,1H3,(H,22,25). The van der Waals surface area contributed by atoms with Crippen molar-refractivity contribution in [1.29, 1.82) is 0 Å². The Morgan fingerprint density at radius 3 is 2.96 bits per heavy atom. The van der Waals surface area contributed by atoms with Crippen molar-refractivity contribution in [2.45, 2.75) is 26.2 Å². The zero-order chi connectivity index (χ0) is 18.1. The Balaban J connectivity index is 1.47. The lowest BCUT2D eigenvalue weighted by atomic mass is 10.1. The van der Waals surface area contributed by atoms with Gasteiger partial charge in [-0.15, -0.1) is 0 Å². The van der Waals surface area contributed by atoms with Gasteiger partial charge in [-0.05, 0) is 41.8 Å². The first-order valence-corrected chi connectivity index (χ1v) is 9.10. The van der Waals surface area contributed by atoms with Crippen LogP contribution in [0.3, 0.4) is 0 Å². The quantitative estimate of drug-likeness (QED) is 0.921. The molecular formula is C21H22N2O3. The molecule has 2 aliphatic rings. The molecule has 0 bridgehead atoms. The van der Waals surface area contributed by atoms with E-state index in [0.717, 1.165) is 41.1 Å². The van der Waals surface area contributed by atoms with Crippen molar-refractivity contribution >= 4 is 23.2 Å². The van der Waals surface area contributed by atoms with E-state index in [-0.39, 0.29) is 24.2 Å². The number of para-hydroxylation sites is 1. The van der Waals surface area contributed by atoms with Gasteiger partial charge < -0.3 is 15.0 Å². The zero-order valence-electron chi connectivity index (χ0n) is 14.8. The highest BCUT2D eigenvalue weighted by atomic mass is 16.5. The molecule has 26 heavy (non-hydrogen) atoms. The van der Waals surface area contributed by atoms with E-state index < -0.39 is 0 Å². The third-order valence-corrected chi connectivity index (χ3v) is 5.12. The van der Waals surface area contributed by atoms with Crippen LogP contribution in [0.15, 0.2) is 42.5 Å². The number of nitrogens with zero attached hydrogens (tertiary/aromatic N) is 1. The van der Waals surface area contributed by atoms with E-state index >= 15 is 0 Å². The summed E-state index contributed by atoms with van der Waals surface area (Å²) < 4.78 is 5.49. The Bertz CT molecular complexity index is 862. The van der Waals surface area contributed by atoms with Crippen molar-refractivity contribution in [1.82, 2.24) is 0 Å². The number of carbonyl (C=O) groups excluding carboxylic acids is 2. The first-order chi connectivity index (χ1) is 12.7. The lowest BCUT2D eigenvalue weighted by molar-refractivity contribution is -0.122. The largest absolute Gasteiger partial charge is 0.493 e. The smallest absolute Gasteiger partial charge is 0.229 e. The number of fused-ring (bicyclic) bond motifs is 1. The molecule has 1 fully saturated rings. The number of carbonyl (C=O) groups is 2. The molecule has 0 aliphatic carbocycles. The first kappa shape index (κ1) is 16.6. The molecule has 2 aromatic carbocycles. The highest BCUT2D eigenvalue weighted by Gasteiger charge is 2.35. The highest BCUT2D eigenvalue weighted by Crippen LogP contribution is 2.31. The van der Waals surface area contributed by atoms with Crippen LogP contribution in [0.2, 0.25) is 0 Å². The van der Waals surface area contributed by atoms with Gasteiger partial charge in [-0.3, -0.25) is 9.59 Å². The summed E-state index contributed by atoms with van der Waals surface area (Å²) in [6.45, 7) is 3.19. The normalized spacial score (nSPS) is 18.6. The molecule has 0 saturated carbocycles. The molecule has 0 radical (unpaired) electrons. The second kappa shape index (κ2) is 6.83. The Morgan fingerprint density at radius 1 is 1.27 bits per heavy atom. The van der Waals surface area contributed by atoms with Crippen LogP contribution in [0.5, 0.6) is 5.75 Å². The lowest BCUT2D eigenvalue weighted by Gasteiger charge is -2.20. The summed E-state index contributed by atoms with van der Waals surface area (Å²) in [7, 11) is 0. The summed E-state index contributed by atoms with van der Waals surface area (Å²) in [6, 6.07) is 13.6. The maximum Gasteiger partial charge on any atom is 0.229 e. The molecule has 0 spiro atoms. The van der Waals surface area contributed by atoms with Gasteiger partial charge in [0, 0.05) is 30.8 Å². The maximum absolute atomic E-state index is 12.7. The van der Waals surface area contributed by atoms with Gasteiger partial charge in [0.1, 0.15) is 5.75 Å². The Kier molecular flexibility index (Phi) is 4.37. The van der Waals surface area contributed by atoms with Crippen molar-refractivity contribution in [3.8, 4) is 5.75 Å². The summed E-state index contributed by atoms with van der Waals surface area (Å²) in [4.78, 5) is 26.9. The van der Waals surface area contributed by atoms with E-state index in [1.807, 2.05) is 42.5 Å². The maximum atomic E-state index is 12.7. The number of hydrogen-bond acceptors (Lipinski definition) is 3. The number of nitrogens with one attached hydrogen (secondary N) is 1. The fourth-order valence-corrected chi connectivity index (χ4v) is 3.70. The number of hydrogen-bond donors (Lipinski definition) is 1. The molecule has 134 valence electrons. The number of aryl methyl sites for hydroxylation is 1. The molecule has 2 aromatic rings. The minimum atomic E-state index is -0.336. The van der Waals surface area contributed by atoms with Crippen LogP contribution in [0.4, 0.5) is 11.4 Å². The molecule has 0 aromatic heterocycles. The second-order valence-electron chi connectivity index (χ2n) is 6.80. The molecule has 2 aliphatic heterocycles. The summed E-state index contributed by atoms with van der Waals surface area (Å²) >= 11 is 0. The fourth-order valence-electron chi connectivity index (χ4n) is 3.70. The minimum Gasteiger partial charge on any atom is -0.493 e.